The fourth-order valence-electron chi connectivity index (χ4n) is 3.48. The van der Waals surface area contributed by atoms with Gasteiger partial charge in [-0.25, -0.2) is 0 Å². The first-order chi connectivity index (χ1) is 14.4. The first-order valence-corrected chi connectivity index (χ1v) is 9.95. The predicted molar refractivity (Wildman–Crippen MR) is 115 cm³/mol. The van der Waals surface area contributed by atoms with Crippen molar-refractivity contribution in [3.05, 3.63) is 70.8 Å². The maximum Gasteiger partial charge on any atom is 0.224 e. The summed E-state index contributed by atoms with van der Waals surface area (Å²) in [5.41, 5.74) is 4.67. The fourth-order valence-corrected chi connectivity index (χ4v) is 3.48. The van der Waals surface area contributed by atoms with Crippen LogP contribution in [0.3, 0.4) is 0 Å². The molecular formula is C23H25N5O2. The van der Waals surface area contributed by atoms with Crippen molar-refractivity contribution >= 4 is 11.6 Å². The van der Waals surface area contributed by atoms with Crippen molar-refractivity contribution in [2.75, 3.05) is 7.11 Å². The maximum atomic E-state index is 12.5. The van der Waals surface area contributed by atoms with Crippen LogP contribution >= 0.6 is 0 Å². The Morgan fingerprint density at radius 1 is 1.10 bits per heavy atom. The van der Waals surface area contributed by atoms with E-state index in [0.29, 0.717) is 5.82 Å². The Kier molecular flexibility index (Phi) is 5.11. The highest BCUT2D eigenvalue weighted by Gasteiger charge is 2.29. The average Bonchev–Trinajstić information content (AvgIpc) is 3.06. The van der Waals surface area contributed by atoms with E-state index in [0.717, 1.165) is 39.7 Å². The first kappa shape index (κ1) is 19.8. The third kappa shape index (κ3) is 3.47. The van der Waals surface area contributed by atoms with Crippen molar-refractivity contribution in [1.29, 1.82) is 0 Å². The number of carbonyl (C=O) groups excluding carboxylic acids is 1. The molecule has 0 bridgehead atoms. The van der Waals surface area contributed by atoms with E-state index in [9.17, 15) is 4.79 Å². The molecule has 0 spiro atoms. The van der Waals surface area contributed by atoms with Gasteiger partial charge in [-0.05, 0) is 32.0 Å². The molecule has 0 radical (unpaired) electrons. The Labute approximate surface area is 175 Å². The smallest absolute Gasteiger partial charge is 0.224 e. The van der Waals surface area contributed by atoms with Gasteiger partial charge in [0, 0.05) is 17.0 Å². The summed E-state index contributed by atoms with van der Waals surface area (Å²) in [6.45, 7) is 7.65. The van der Waals surface area contributed by atoms with Crippen molar-refractivity contribution in [2.45, 2.75) is 33.9 Å². The largest absolute Gasteiger partial charge is 0.497 e. The van der Waals surface area contributed by atoms with Crippen LogP contribution < -0.4 is 10.1 Å². The van der Waals surface area contributed by atoms with E-state index in [4.69, 9.17) is 9.73 Å². The molecule has 154 valence electrons. The van der Waals surface area contributed by atoms with Gasteiger partial charge in [0.25, 0.3) is 0 Å². The third-order valence-corrected chi connectivity index (χ3v) is 5.18. The molecule has 1 atom stereocenters. The van der Waals surface area contributed by atoms with Crippen LogP contribution in [0.2, 0.25) is 0 Å². The zero-order valence-electron chi connectivity index (χ0n) is 17.8. The Hall–Kier alpha value is -3.48. The van der Waals surface area contributed by atoms with E-state index >= 15 is 0 Å². The number of methoxy groups -OCH3 is 1. The van der Waals surface area contributed by atoms with Crippen molar-refractivity contribution in [3.63, 3.8) is 0 Å². The maximum absolute atomic E-state index is 12.5. The molecule has 2 aromatic carbocycles. The van der Waals surface area contributed by atoms with Crippen molar-refractivity contribution in [3.8, 4) is 11.4 Å². The number of fused-ring (bicyclic) bond motifs is 3. The van der Waals surface area contributed by atoms with Gasteiger partial charge in [-0.3, -0.25) is 14.4 Å². The highest BCUT2D eigenvalue weighted by Crippen LogP contribution is 2.32. The van der Waals surface area contributed by atoms with Crippen molar-refractivity contribution < 1.29 is 9.53 Å². The van der Waals surface area contributed by atoms with Gasteiger partial charge >= 0.3 is 0 Å². The summed E-state index contributed by atoms with van der Waals surface area (Å²) in [4.78, 5) is 17.5. The molecular weight excluding hydrogens is 378 g/mol. The Morgan fingerprint density at radius 2 is 1.83 bits per heavy atom. The molecule has 1 aliphatic rings. The number of hydrogen-bond donors (Lipinski definition) is 1. The van der Waals surface area contributed by atoms with E-state index in [-0.39, 0.29) is 11.8 Å². The summed E-state index contributed by atoms with van der Waals surface area (Å²) in [6, 6.07) is 14.0. The molecule has 1 amide bonds. The highest BCUT2D eigenvalue weighted by molar-refractivity contribution is 6.15. The molecule has 2 heterocycles. The van der Waals surface area contributed by atoms with E-state index in [1.807, 2.05) is 62.6 Å². The standard InChI is InChI=1S/C23H25N5O2/c1-13(2)23(29)25-21-22-27-26-15(4)28(22)19-11-10-17(30-5)12-18(19)20(24-21)16-8-6-14(3)7-9-16/h6-13,21H,1-5H3,(H,25,29)/t21-/m0/s1. The number of aryl methyl sites for hydroxylation is 2. The van der Waals surface area contributed by atoms with E-state index < -0.39 is 6.17 Å². The number of ether oxygens (including phenoxy) is 1. The fraction of sp³-hybridized carbons (Fsp3) is 0.304. The number of rotatable bonds is 4. The minimum Gasteiger partial charge on any atom is -0.497 e. The molecule has 7 heteroatoms. The van der Waals surface area contributed by atoms with Gasteiger partial charge in [0.1, 0.15) is 11.6 Å². The van der Waals surface area contributed by atoms with Crippen LogP contribution in [0.15, 0.2) is 47.5 Å². The molecule has 4 rings (SSSR count). The molecule has 0 saturated heterocycles. The quantitative estimate of drug-likeness (QED) is 0.723. The number of aliphatic imine (C=N–C) groups is 1. The molecule has 0 fully saturated rings. The monoisotopic (exact) mass is 403 g/mol. The van der Waals surface area contributed by atoms with E-state index in [1.54, 1.807) is 7.11 Å². The molecule has 1 N–H and O–H groups in total. The van der Waals surface area contributed by atoms with Gasteiger partial charge in [0.2, 0.25) is 5.91 Å². The molecule has 3 aromatic rings. The van der Waals surface area contributed by atoms with E-state index in [2.05, 4.69) is 27.6 Å². The topological polar surface area (TPSA) is 81.4 Å². The lowest BCUT2D eigenvalue weighted by Crippen LogP contribution is -2.32. The van der Waals surface area contributed by atoms with Crippen LogP contribution in [-0.2, 0) is 4.79 Å². The minimum atomic E-state index is -0.657. The number of benzene rings is 2. The number of hydrogen-bond acceptors (Lipinski definition) is 5. The van der Waals surface area contributed by atoms with Crippen LogP contribution in [0, 0.1) is 19.8 Å². The predicted octanol–water partition coefficient (Wildman–Crippen LogP) is 3.51. The van der Waals surface area contributed by atoms with Crippen molar-refractivity contribution in [2.24, 2.45) is 10.9 Å². The number of nitrogens with zero attached hydrogens (tertiary/aromatic N) is 4. The van der Waals surface area contributed by atoms with Gasteiger partial charge in [-0.2, -0.15) is 0 Å². The third-order valence-electron chi connectivity index (χ3n) is 5.18. The SMILES string of the molecule is COc1ccc2c(c1)C(c1ccc(C)cc1)=N[C@@H](NC(=O)C(C)C)c1nnc(C)n1-2. The van der Waals surface area contributed by atoms with E-state index in [1.165, 1.54) is 0 Å². The summed E-state index contributed by atoms with van der Waals surface area (Å²) < 4.78 is 7.43. The average molecular weight is 403 g/mol. The lowest BCUT2D eigenvalue weighted by molar-refractivity contribution is -0.124. The van der Waals surface area contributed by atoms with Gasteiger partial charge in [-0.1, -0.05) is 43.7 Å². The summed E-state index contributed by atoms with van der Waals surface area (Å²) >= 11 is 0. The van der Waals surface area contributed by atoms with Crippen LogP contribution in [0.5, 0.6) is 5.75 Å². The van der Waals surface area contributed by atoms with Crippen LogP contribution in [0.25, 0.3) is 5.69 Å². The lowest BCUT2D eigenvalue weighted by atomic mass is 9.99. The highest BCUT2D eigenvalue weighted by atomic mass is 16.5. The molecule has 0 unspecified atom stereocenters. The molecule has 7 nitrogen and oxygen atoms in total. The zero-order chi connectivity index (χ0) is 21.4. The van der Waals surface area contributed by atoms with Gasteiger partial charge in [0.05, 0.1) is 18.5 Å². The number of nitrogens with one attached hydrogen (secondary N) is 1. The molecule has 1 aliphatic heterocycles. The number of aromatic nitrogens is 3. The summed E-state index contributed by atoms with van der Waals surface area (Å²) in [6.07, 6.45) is -0.657. The van der Waals surface area contributed by atoms with Gasteiger partial charge in [0.15, 0.2) is 12.0 Å². The summed E-state index contributed by atoms with van der Waals surface area (Å²) in [7, 11) is 1.64. The first-order valence-electron chi connectivity index (χ1n) is 9.95. The summed E-state index contributed by atoms with van der Waals surface area (Å²) in [5.74, 6) is 1.76. The number of amides is 1. The van der Waals surface area contributed by atoms with Crippen LogP contribution in [0.4, 0.5) is 0 Å². The van der Waals surface area contributed by atoms with Crippen LogP contribution in [-0.4, -0.2) is 33.5 Å². The molecule has 30 heavy (non-hydrogen) atoms. The molecule has 0 saturated carbocycles. The second-order valence-corrected chi connectivity index (χ2v) is 7.73. The van der Waals surface area contributed by atoms with Gasteiger partial charge in [-0.15, -0.1) is 10.2 Å². The molecule has 1 aromatic heterocycles. The van der Waals surface area contributed by atoms with Gasteiger partial charge < -0.3 is 10.1 Å². The Bertz CT molecular complexity index is 1130. The molecule has 0 aliphatic carbocycles. The Balaban J connectivity index is 1.98. The lowest BCUT2D eigenvalue weighted by Gasteiger charge is -2.16. The zero-order valence-corrected chi connectivity index (χ0v) is 17.8. The Morgan fingerprint density at radius 3 is 2.50 bits per heavy atom. The minimum absolute atomic E-state index is 0.0947. The number of carbonyl (C=O) groups is 1. The summed E-state index contributed by atoms with van der Waals surface area (Å²) in [5, 5.41) is 11.6. The van der Waals surface area contributed by atoms with Crippen molar-refractivity contribution in [1.82, 2.24) is 20.1 Å². The second kappa shape index (κ2) is 7.74. The van der Waals surface area contributed by atoms with Crippen LogP contribution in [0.1, 0.15) is 48.4 Å². The normalized spacial score (nSPS) is 15.1. The second-order valence-electron chi connectivity index (χ2n) is 7.73.